The minimum atomic E-state index is -1.55. The minimum absolute atomic E-state index is 0.0569. The molecule has 0 radical (unpaired) electrons. The van der Waals surface area contributed by atoms with Gasteiger partial charge in [-0.15, -0.1) is 0 Å². The van der Waals surface area contributed by atoms with E-state index in [4.69, 9.17) is 11.5 Å². The van der Waals surface area contributed by atoms with Crippen LogP contribution in [0.25, 0.3) is 0 Å². The molecular formula is C24H31N7O6. The number of aliphatic carboxylic acids is 1. The lowest BCUT2D eigenvalue weighted by Crippen LogP contribution is -2.57. The zero-order valence-corrected chi connectivity index (χ0v) is 20.1. The quantitative estimate of drug-likeness (QED) is 0.195. The molecule has 4 unspecified atom stereocenters. The van der Waals surface area contributed by atoms with Crippen molar-refractivity contribution in [2.75, 3.05) is 6.54 Å². The van der Waals surface area contributed by atoms with Crippen molar-refractivity contribution < 1.29 is 29.1 Å². The molecule has 13 nitrogen and oxygen atoms in total. The van der Waals surface area contributed by atoms with Crippen LogP contribution in [0.3, 0.4) is 0 Å². The van der Waals surface area contributed by atoms with E-state index in [0.717, 1.165) is 0 Å². The number of aromatic nitrogens is 2. The molecule has 2 aromatic rings. The summed E-state index contributed by atoms with van der Waals surface area (Å²) in [5, 5.41) is 14.3. The largest absolute Gasteiger partial charge is 0.480 e. The van der Waals surface area contributed by atoms with Crippen LogP contribution in [0, 0.1) is 0 Å². The molecule has 0 spiro atoms. The van der Waals surface area contributed by atoms with Crippen LogP contribution >= 0.6 is 0 Å². The molecule has 37 heavy (non-hydrogen) atoms. The second-order valence-corrected chi connectivity index (χ2v) is 8.90. The number of carboxylic acid groups (broad SMARTS) is 1. The number of nitrogens with two attached hydrogens (primary N) is 2. The predicted molar refractivity (Wildman–Crippen MR) is 130 cm³/mol. The highest BCUT2D eigenvalue weighted by atomic mass is 16.4. The molecule has 13 heteroatoms. The molecule has 4 atom stereocenters. The summed E-state index contributed by atoms with van der Waals surface area (Å²) < 4.78 is 0. The van der Waals surface area contributed by atoms with Crippen molar-refractivity contribution in [3.05, 3.63) is 54.1 Å². The number of carbonyl (C=O) groups excluding carboxylic acids is 4. The maximum atomic E-state index is 13.3. The van der Waals surface area contributed by atoms with Gasteiger partial charge in [0.1, 0.15) is 18.1 Å². The Kier molecular flexibility index (Phi) is 9.33. The average molecular weight is 514 g/mol. The number of hydrogen-bond donors (Lipinski definition) is 6. The first-order valence-corrected chi connectivity index (χ1v) is 11.8. The summed E-state index contributed by atoms with van der Waals surface area (Å²) in [5.74, 6) is -4.09. The van der Waals surface area contributed by atoms with E-state index in [2.05, 4.69) is 20.6 Å². The van der Waals surface area contributed by atoms with E-state index in [1.54, 1.807) is 36.5 Å². The fraction of sp³-hybridized carbons (Fsp3) is 0.417. The van der Waals surface area contributed by atoms with Crippen LogP contribution in [0.5, 0.6) is 0 Å². The maximum absolute atomic E-state index is 13.3. The Morgan fingerprint density at radius 2 is 1.84 bits per heavy atom. The fourth-order valence-electron chi connectivity index (χ4n) is 4.24. The molecule has 1 aliphatic heterocycles. The topological polar surface area (TPSA) is 214 Å². The summed E-state index contributed by atoms with van der Waals surface area (Å²) in [7, 11) is 0. The van der Waals surface area contributed by atoms with Gasteiger partial charge in [0.05, 0.1) is 18.8 Å². The van der Waals surface area contributed by atoms with Crippen LogP contribution in [0.1, 0.15) is 30.5 Å². The molecule has 1 aromatic carbocycles. The Morgan fingerprint density at radius 3 is 2.46 bits per heavy atom. The summed E-state index contributed by atoms with van der Waals surface area (Å²) in [6, 6.07) is 4.38. The molecule has 2 heterocycles. The molecule has 1 aliphatic rings. The highest BCUT2D eigenvalue weighted by molar-refractivity contribution is 5.95. The second-order valence-electron chi connectivity index (χ2n) is 8.90. The zero-order valence-electron chi connectivity index (χ0n) is 20.1. The zero-order chi connectivity index (χ0) is 26.9. The number of aromatic amines is 1. The number of H-pyrrole nitrogens is 1. The first-order valence-electron chi connectivity index (χ1n) is 11.8. The number of carbonyl (C=O) groups is 5. The van der Waals surface area contributed by atoms with Gasteiger partial charge in [0.2, 0.25) is 23.6 Å². The molecule has 3 rings (SSSR count). The molecule has 4 amide bonds. The predicted octanol–water partition coefficient (Wildman–Crippen LogP) is -1.56. The van der Waals surface area contributed by atoms with E-state index in [9.17, 15) is 29.1 Å². The third-order valence-corrected chi connectivity index (χ3v) is 6.09. The summed E-state index contributed by atoms with van der Waals surface area (Å²) >= 11 is 0. The van der Waals surface area contributed by atoms with E-state index in [0.29, 0.717) is 30.6 Å². The minimum Gasteiger partial charge on any atom is -0.480 e. The third-order valence-electron chi connectivity index (χ3n) is 6.09. The van der Waals surface area contributed by atoms with Crippen LogP contribution in [-0.4, -0.2) is 80.3 Å². The van der Waals surface area contributed by atoms with Gasteiger partial charge in [0, 0.05) is 31.3 Å². The Bertz CT molecular complexity index is 1110. The van der Waals surface area contributed by atoms with Gasteiger partial charge in [-0.05, 0) is 18.4 Å². The number of benzene rings is 1. The highest BCUT2D eigenvalue weighted by Crippen LogP contribution is 2.19. The third kappa shape index (κ3) is 7.61. The van der Waals surface area contributed by atoms with E-state index < -0.39 is 60.2 Å². The van der Waals surface area contributed by atoms with Gasteiger partial charge in [-0.25, -0.2) is 9.78 Å². The average Bonchev–Trinajstić information content (AvgIpc) is 3.55. The second kappa shape index (κ2) is 12.6. The number of hydrogen-bond acceptors (Lipinski definition) is 7. The number of likely N-dealkylation sites (tertiary alicyclic amines) is 1. The lowest BCUT2D eigenvalue weighted by Gasteiger charge is -2.28. The van der Waals surface area contributed by atoms with Gasteiger partial charge in [0.25, 0.3) is 0 Å². The van der Waals surface area contributed by atoms with Gasteiger partial charge in [-0.1, -0.05) is 30.3 Å². The van der Waals surface area contributed by atoms with Crippen molar-refractivity contribution >= 4 is 29.6 Å². The molecule has 1 saturated heterocycles. The smallest absolute Gasteiger partial charge is 0.326 e. The number of carboxylic acids is 1. The number of primary amides is 1. The summed E-state index contributed by atoms with van der Waals surface area (Å²) in [6.07, 6.45) is 3.68. The summed E-state index contributed by atoms with van der Waals surface area (Å²) in [5.41, 5.74) is 12.6. The van der Waals surface area contributed by atoms with Gasteiger partial charge >= 0.3 is 5.97 Å². The van der Waals surface area contributed by atoms with Gasteiger partial charge in [0.15, 0.2) is 0 Å². The lowest BCUT2D eigenvalue weighted by atomic mass is 10.0. The maximum Gasteiger partial charge on any atom is 0.326 e. The van der Waals surface area contributed by atoms with Crippen LogP contribution < -0.4 is 22.1 Å². The fourth-order valence-corrected chi connectivity index (χ4v) is 4.24. The van der Waals surface area contributed by atoms with Crippen molar-refractivity contribution in [1.82, 2.24) is 25.5 Å². The van der Waals surface area contributed by atoms with E-state index >= 15 is 0 Å². The van der Waals surface area contributed by atoms with Crippen molar-refractivity contribution in [3.8, 4) is 0 Å². The van der Waals surface area contributed by atoms with Crippen LogP contribution in [0.4, 0.5) is 0 Å². The van der Waals surface area contributed by atoms with Crippen molar-refractivity contribution in [2.24, 2.45) is 11.5 Å². The number of imidazole rings is 1. The number of nitrogens with zero attached hydrogens (tertiary/aromatic N) is 2. The summed E-state index contributed by atoms with van der Waals surface area (Å²) in [6.45, 7) is 0.336. The molecule has 1 fully saturated rings. The van der Waals surface area contributed by atoms with E-state index in [-0.39, 0.29) is 12.8 Å². The van der Waals surface area contributed by atoms with Crippen LogP contribution in [-0.2, 0) is 36.8 Å². The number of nitrogens with one attached hydrogen (secondary N) is 3. The normalized spacial score (nSPS) is 17.4. The number of amides is 4. The van der Waals surface area contributed by atoms with Crippen molar-refractivity contribution in [1.29, 1.82) is 0 Å². The monoisotopic (exact) mass is 513 g/mol. The van der Waals surface area contributed by atoms with Crippen LogP contribution in [0.2, 0.25) is 0 Å². The first kappa shape index (κ1) is 27.3. The molecule has 0 saturated carbocycles. The Hall–Kier alpha value is -4.26. The molecule has 0 bridgehead atoms. The molecule has 0 aliphatic carbocycles. The molecular weight excluding hydrogens is 482 g/mol. The Morgan fingerprint density at radius 1 is 1.11 bits per heavy atom. The van der Waals surface area contributed by atoms with Crippen molar-refractivity contribution in [2.45, 2.75) is 56.3 Å². The van der Waals surface area contributed by atoms with Crippen molar-refractivity contribution in [3.63, 3.8) is 0 Å². The van der Waals surface area contributed by atoms with Gasteiger partial charge in [-0.2, -0.15) is 0 Å². The number of rotatable bonds is 12. The Balaban J connectivity index is 1.73. The first-order chi connectivity index (χ1) is 17.7. The SMILES string of the molecule is NC(=O)CC(NC(=O)C(Cc1ccccc1)NC(=O)C1CCCN1C(=O)C(N)Cc1cnc[nH]1)C(=O)O. The standard InChI is InChI=1S/C24H31N7O6/c25-16(10-15-12-27-13-28-15)23(35)31-8-4-7-19(31)22(34)29-17(9-14-5-2-1-3-6-14)21(33)30-18(24(36)37)11-20(26)32/h1-3,5-6,12-13,16-19H,4,7-11,25H2,(H2,26,32)(H,27,28)(H,29,34)(H,30,33)(H,36,37). The molecule has 8 N–H and O–H groups in total. The molecule has 198 valence electrons. The Labute approximate surface area is 213 Å². The lowest BCUT2D eigenvalue weighted by molar-refractivity contribution is -0.144. The van der Waals surface area contributed by atoms with Gasteiger partial charge in [-0.3, -0.25) is 19.2 Å². The van der Waals surface area contributed by atoms with E-state index in [1.807, 2.05) is 0 Å². The molecule has 1 aromatic heterocycles. The van der Waals surface area contributed by atoms with Gasteiger partial charge < -0.3 is 37.1 Å². The highest BCUT2D eigenvalue weighted by Gasteiger charge is 2.38. The summed E-state index contributed by atoms with van der Waals surface area (Å²) in [4.78, 5) is 70.3. The van der Waals surface area contributed by atoms with Crippen LogP contribution in [0.15, 0.2) is 42.9 Å². The van der Waals surface area contributed by atoms with E-state index in [1.165, 1.54) is 11.2 Å².